The molecule has 0 fully saturated rings. The highest BCUT2D eigenvalue weighted by molar-refractivity contribution is 5.71. The zero-order chi connectivity index (χ0) is 14.4. The van der Waals surface area contributed by atoms with Gasteiger partial charge in [0.25, 0.3) is 0 Å². The van der Waals surface area contributed by atoms with Crippen LogP contribution in [0.25, 0.3) is 11.3 Å². The van der Waals surface area contributed by atoms with Crippen LogP contribution in [0.3, 0.4) is 0 Å². The summed E-state index contributed by atoms with van der Waals surface area (Å²) in [4.78, 5) is 8.71. The molecule has 1 aromatic heterocycles. The first kappa shape index (κ1) is 14.1. The number of aromatic nitrogens is 2. The maximum atomic E-state index is 5.44. The van der Waals surface area contributed by atoms with E-state index >= 15 is 0 Å². The zero-order valence-corrected chi connectivity index (χ0v) is 12.0. The Kier molecular flexibility index (Phi) is 4.76. The Labute approximate surface area is 119 Å². The number of para-hydroxylation sites is 1. The lowest BCUT2D eigenvalue weighted by molar-refractivity contribution is 0.356. The van der Waals surface area contributed by atoms with Crippen LogP contribution < -0.4 is 14.8 Å². The molecule has 1 heterocycles. The molecule has 0 aliphatic carbocycles. The Morgan fingerprint density at radius 1 is 1.15 bits per heavy atom. The van der Waals surface area contributed by atoms with E-state index < -0.39 is 0 Å². The van der Waals surface area contributed by atoms with Crippen LogP contribution in [0.5, 0.6) is 11.5 Å². The molecule has 0 atom stereocenters. The average Bonchev–Trinajstić information content (AvgIpc) is 2.52. The predicted octanol–water partition coefficient (Wildman–Crippen LogP) is 2.98. The maximum absolute atomic E-state index is 5.44. The minimum absolute atomic E-state index is 0.620. The van der Waals surface area contributed by atoms with Crippen LogP contribution in [-0.4, -0.2) is 30.7 Å². The molecule has 106 valence electrons. The van der Waals surface area contributed by atoms with Gasteiger partial charge in [-0.05, 0) is 24.6 Å². The number of nitrogens with one attached hydrogen (secondary N) is 1. The summed E-state index contributed by atoms with van der Waals surface area (Å²) in [6.45, 7) is 2.95. The van der Waals surface area contributed by atoms with Crippen molar-refractivity contribution in [1.82, 2.24) is 9.97 Å². The highest BCUT2D eigenvalue weighted by Crippen LogP contribution is 2.36. The fourth-order valence-electron chi connectivity index (χ4n) is 1.92. The first-order valence-electron chi connectivity index (χ1n) is 6.58. The van der Waals surface area contributed by atoms with E-state index in [9.17, 15) is 0 Å². The van der Waals surface area contributed by atoms with E-state index in [-0.39, 0.29) is 0 Å². The van der Waals surface area contributed by atoms with Crippen molar-refractivity contribution in [3.63, 3.8) is 0 Å². The van der Waals surface area contributed by atoms with Crippen LogP contribution in [0, 0.1) is 0 Å². The van der Waals surface area contributed by atoms with Crippen molar-refractivity contribution in [2.75, 3.05) is 26.1 Å². The smallest absolute Gasteiger partial charge is 0.223 e. The molecule has 0 amide bonds. The summed E-state index contributed by atoms with van der Waals surface area (Å²) in [6, 6.07) is 7.58. The Bertz CT molecular complexity index is 573. The second-order valence-corrected chi connectivity index (χ2v) is 4.23. The minimum Gasteiger partial charge on any atom is -0.493 e. The largest absolute Gasteiger partial charge is 0.493 e. The number of ether oxygens (including phenoxy) is 2. The van der Waals surface area contributed by atoms with Crippen LogP contribution in [0.15, 0.2) is 30.5 Å². The molecule has 1 N–H and O–H groups in total. The number of benzene rings is 1. The number of hydrogen-bond acceptors (Lipinski definition) is 5. The number of nitrogens with zero attached hydrogens (tertiary/aromatic N) is 2. The molecule has 0 saturated heterocycles. The lowest BCUT2D eigenvalue weighted by Crippen LogP contribution is -2.04. The van der Waals surface area contributed by atoms with Gasteiger partial charge in [-0.1, -0.05) is 13.0 Å². The second kappa shape index (κ2) is 6.75. The Hall–Kier alpha value is -2.30. The van der Waals surface area contributed by atoms with Gasteiger partial charge in [-0.25, -0.2) is 9.97 Å². The molecule has 0 spiro atoms. The van der Waals surface area contributed by atoms with Crippen molar-refractivity contribution < 1.29 is 9.47 Å². The zero-order valence-electron chi connectivity index (χ0n) is 12.0. The maximum Gasteiger partial charge on any atom is 0.223 e. The molecule has 0 aliphatic heterocycles. The van der Waals surface area contributed by atoms with Crippen molar-refractivity contribution in [1.29, 1.82) is 0 Å². The first-order chi connectivity index (χ1) is 9.80. The molecule has 5 heteroatoms. The molecule has 2 aromatic rings. The fourth-order valence-corrected chi connectivity index (χ4v) is 1.92. The third-order valence-corrected chi connectivity index (χ3v) is 2.87. The third-order valence-electron chi connectivity index (χ3n) is 2.87. The van der Waals surface area contributed by atoms with Gasteiger partial charge < -0.3 is 14.8 Å². The van der Waals surface area contributed by atoms with E-state index in [0.717, 1.165) is 24.2 Å². The third kappa shape index (κ3) is 2.99. The normalized spacial score (nSPS) is 10.2. The number of anilines is 1. The van der Waals surface area contributed by atoms with Gasteiger partial charge in [0.15, 0.2) is 11.5 Å². The fraction of sp³-hybridized carbons (Fsp3) is 0.333. The van der Waals surface area contributed by atoms with Crippen molar-refractivity contribution in [2.45, 2.75) is 13.3 Å². The Morgan fingerprint density at radius 3 is 2.70 bits per heavy atom. The molecule has 0 saturated carbocycles. The summed E-state index contributed by atoms with van der Waals surface area (Å²) in [5.41, 5.74) is 1.68. The summed E-state index contributed by atoms with van der Waals surface area (Å²) >= 11 is 0. The van der Waals surface area contributed by atoms with Crippen molar-refractivity contribution in [3.8, 4) is 22.8 Å². The molecule has 5 nitrogen and oxygen atoms in total. The van der Waals surface area contributed by atoms with E-state index in [1.807, 2.05) is 24.3 Å². The van der Waals surface area contributed by atoms with Gasteiger partial charge in [-0.2, -0.15) is 0 Å². The standard InChI is InChI=1S/C15H19N3O2/c1-4-9-16-15-17-10-8-12(18-15)11-6-5-7-13(19-2)14(11)20-3/h5-8,10H,4,9H2,1-3H3,(H,16,17,18). The molecule has 2 rings (SSSR count). The van der Waals surface area contributed by atoms with Crippen LogP contribution in [0.2, 0.25) is 0 Å². The van der Waals surface area contributed by atoms with Gasteiger partial charge in [-0.15, -0.1) is 0 Å². The van der Waals surface area contributed by atoms with E-state index in [1.54, 1.807) is 20.4 Å². The van der Waals surface area contributed by atoms with Gasteiger partial charge in [-0.3, -0.25) is 0 Å². The highest BCUT2D eigenvalue weighted by Gasteiger charge is 2.12. The molecular weight excluding hydrogens is 254 g/mol. The molecule has 0 unspecified atom stereocenters. The van der Waals surface area contributed by atoms with Crippen molar-refractivity contribution >= 4 is 5.95 Å². The Balaban J connectivity index is 2.40. The van der Waals surface area contributed by atoms with Gasteiger partial charge in [0.1, 0.15) is 0 Å². The second-order valence-electron chi connectivity index (χ2n) is 4.23. The Morgan fingerprint density at radius 2 is 2.00 bits per heavy atom. The lowest BCUT2D eigenvalue weighted by Gasteiger charge is -2.12. The molecule has 0 radical (unpaired) electrons. The quantitative estimate of drug-likeness (QED) is 0.876. The molecular formula is C15H19N3O2. The van der Waals surface area contributed by atoms with E-state index in [4.69, 9.17) is 9.47 Å². The summed E-state index contributed by atoms with van der Waals surface area (Å²) in [6.07, 6.45) is 2.76. The molecule has 1 aromatic carbocycles. The van der Waals surface area contributed by atoms with Gasteiger partial charge >= 0.3 is 0 Å². The lowest BCUT2D eigenvalue weighted by atomic mass is 10.1. The van der Waals surface area contributed by atoms with E-state index in [2.05, 4.69) is 22.2 Å². The summed E-state index contributed by atoms with van der Waals surface area (Å²) < 4.78 is 10.7. The van der Waals surface area contributed by atoms with Crippen LogP contribution >= 0.6 is 0 Å². The van der Waals surface area contributed by atoms with Gasteiger partial charge in [0, 0.05) is 18.3 Å². The average molecular weight is 273 g/mol. The summed E-state index contributed by atoms with van der Waals surface area (Å²) in [7, 11) is 3.24. The first-order valence-corrected chi connectivity index (χ1v) is 6.58. The van der Waals surface area contributed by atoms with Crippen LogP contribution in [-0.2, 0) is 0 Å². The summed E-state index contributed by atoms with van der Waals surface area (Å²) in [5.74, 6) is 1.98. The number of rotatable bonds is 6. The molecule has 0 aliphatic rings. The van der Waals surface area contributed by atoms with Crippen LogP contribution in [0.4, 0.5) is 5.95 Å². The van der Waals surface area contributed by atoms with Crippen molar-refractivity contribution in [2.24, 2.45) is 0 Å². The van der Waals surface area contributed by atoms with Crippen molar-refractivity contribution in [3.05, 3.63) is 30.5 Å². The van der Waals surface area contributed by atoms with E-state index in [1.165, 1.54) is 0 Å². The number of methoxy groups -OCH3 is 2. The summed E-state index contributed by atoms with van der Waals surface area (Å²) in [5, 5.41) is 3.18. The monoisotopic (exact) mass is 273 g/mol. The van der Waals surface area contributed by atoms with Gasteiger partial charge in [0.05, 0.1) is 19.9 Å². The SMILES string of the molecule is CCCNc1nccc(-c2cccc(OC)c2OC)n1. The minimum atomic E-state index is 0.620. The molecule has 20 heavy (non-hydrogen) atoms. The topological polar surface area (TPSA) is 56.3 Å². The predicted molar refractivity (Wildman–Crippen MR) is 79.4 cm³/mol. The van der Waals surface area contributed by atoms with Crippen LogP contribution in [0.1, 0.15) is 13.3 Å². The van der Waals surface area contributed by atoms with E-state index in [0.29, 0.717) is 17.4 Å². The molecule has 0 bridgehead atoms. The van der Waals surface area contributed by atoms with Gasteiger partial charge in [0.2, 0.25) is 5.95 Å². The number of hydrogen-bond donors (Lipinski definition) is 1. The highest BCUT2D eigenvalue weighted by atomic mass is 16.5.